The fourth-order valence-corrected chi connectivity index (χ4v) is 5.15. The van der Waals surface area contributed by atoms with Crippen LogP contribution in [0.5, 0.6) is 0 Å². The lowest BCUT2D eigenvalue weighted by Gasteiger charge is -2.42. The van der Waals surface area contributed by atoms with Crippen LogP contribution in [-0.4, -0.2) is 122 Å². The van der Waals surface area contributed by atoms with Gasteiger partial charge >= 0.3 is 36.4 Å². The third-order valence-electron chi connectivity index (χ3n) is 6.81. The van der Waals surface area contributed by atoms with Crippen molar-refractivity contribution in [3.8, 4) is 0 Å². The van der Waals surface area contributed by atoms with Crippen LogP contribution in [0.1, 0.15) is 33.1 Å². The van der Waals surface area contributed by atoms with Gasteiger partial charge < -0.3 is 20.1 Å². The number of nitrogens with zero attached hydrogens (tertiary/aromatic N) is 4. The Hall–Kier alpha value is -3.13. The van der Waals surface area contributed by atoms with Gasteiger partial charge in [0.25, 0.3) is 0 Å². The van der Waals surface area contributed by atoms with Gasteiger partial charge in [0.2, 0.25) is 0 Å². The van der Waals surface area contributed by atoms with Gasteiger partial charge in [-0.25, -0.2) is 14.4 Å². The van der Waals surface area contributed by atoms with Crippen molar-refractivity contribution >= 4 is 17.9 Å². The highest BCUT2D eigenvalue weighted by Crippen LogP contribution is 2.38. The molecule has 4 rings (SSSR count). The van der Waals surface area contributed by atoms with Crippen molar-refractivity contribution in [2.75, 3.05) is 26.3 Å². The number of carboxylic acids is 3. The number of rotatable bonds is 4. The smallest absolute Gasteiger partial charge is 0.475 e. The van der Waals surface area contributed by atoms with Crippen molar-refractivity contribution < 1.29 is 74.0 Å². The van der Waals surface area contributed by atoms with E-state index >= 15 is 0 Å². The number of ether oxygens (including phenoxy) is 1. The number of hydrogen-bond acceptors (Lipinski definition) is 7. The Bertz CT molecular complexity index is 987. The number of alkyl halides is 9. The zero-order valence-corrected chi connectivity index (χ0v) is 23.4. The van der Waals surface area contributed by atoms with Gasteiger partial charge in [0, 0.05) is 56.3 Å². The van der Waals surface area contributed by atoms with Crippen LogP contribution in [0.4, 0.5) is 39.5 Å². The molecular formula is C24H33F9N4O7. The maximum atomic E-state index is 10.6. The Kier molecular flexibility index (Phi) is 14.4. The van der Waals surface area contributed by atoms with Crippen molar-refractivity contribution in [2.24, 2.45) is 5.92 Å². The minimum Gasteiger partial charge on any atom is -0.475 e. The molecule has 1 aromatic heterocycles. The summed E-state index contributed by atoms with van der Waals surface area (Å²) in [5.74, 6) is -7.46. The van der Waals surface area contributed by atoms with Crippen LogP contribution < -0.4 is 0 Å². The van der Waals surface area contributed by atoms with E-state index in [0.717, 1.165) is 31.7 Å². The van der Waals surface area contributed by atoms with E-state index in [1.165, 1.54) is 32.4 Å². The predicted molar refractivity (Wildman–Crippen MR) is 131 cm³/mol. The van der Waals surface area contributed by atoms with Crippen molar-refractivity contribution in [2.45, 2.75) is 82.4 Å². The van der Waals surface area contributed by atoms with Crippen LogP contribution in [0.25, 0.3) is 0 Å². The number of likely N-dealkylation sites (tertiary alicyclic amines) is 2. The number of carbonyl (C=O) groups is 3. The van der Waals surface area contributed by atoms with E-state index in [9.17, 15) is 39.5 Å². The molecular weight excluding hydrogens is 627 g/mol. The number of fused-ring (bicyclic) bond motifs is 1. The molecule has 4 heterocycles. The first kappa shape index (κ1) is 38.9. The Balaban J connectivity index is 0.000000379. The first-order valence-corrected chi connectivity index (χ1v) is 13.0. The molecule has 3 fully saturated rings. The number of aromatic nitrogens is 2. The highest BCUT2D eigenvalue weighted by Gasteiger charge is 2.46. The Morgan fingerprint density at radius 1 is 0.909 bits per heavy atom. The molecule has 1 aromatic rings. The second kappa shape index (κ2) is 16.3. The van der Waals surface area contributed by atoms with Crippen molar-refractivity contribution in [3.05, 3.63) is 18.5 Å². The zero-order valence-electron chi connectivity index (χ0n) is 23.4. The lowest BCUT2D eigenvalue weighted by molar-refractivity contribution is -0.193. The zero-order chi connectivity index (χ0) is 34.0. The summed E-state index contributed by atoms with van der Waals surface area (Å²) < 4.78 is 103. The number of halogens is 9. The maximum absolute atomic E-state index is 10.6. The molecule has 0 spiro atoms. The van der Waals surface area contributed by atoms with E-state index in [4.69, 9.17) is 34.4 Å². The van der Waals surface area contributed by atoms with Gasteiger partial charge in [-0.1, -0.05) is 0 Å². The largest absolute Gasteiger partial charge is 0.490 e. The average Bonchev–Trinajstić information content (AvgIpc) is 3.64. The van der Waals surface area contributed by atoms with Gasteiger partial charge in [-0.05, 0) is 45.1 Å². The standard InChI is InChI=1S/C18H30N4O.3C2HF3O2/c1-14(2)22-17(12-21-7-3-6-19-21)10-15-11-20(8-4-18(15)22)16-5-9-23-13-16;3*3-2(4,5)1(6)7/h3,6-7,14-18H,4-5,8-13H2,1-2H3;3*(H,6,7)/t15-,16?,17+,18+;;;/m1.../s1. The monoisotopic (exact) mass is 660 g/mol. The number of piperidine rings is 1. The molecule has 44 heavy (non-hydrogen) atoms. The second-order valence-electron chi connectivity index (χ2n) is 10.2. The molecule has 0 amide bonds. The fourth-order valence-electron chi connectivity index (χ4n) is 5.15. The van der Waals surface area contributed by atoms with Crippen molar-refractivity contribution in [1.82, 2.24) is 19.6 Å². The van der Waals surface area contributed by atoms with Crippen molar-refractivity contribution in [3.63, 3.8) is 0 Å². The summed E-state index contributed by atoms with van der Waals surface area (Å²) in [6.07, 6.45) is -7.41. The molecule has 1 unspecified atom stereocenters. The Morgan fingerprint density at radius 2 is 1.41 bits per heavy atom. The summed E-state index contributed by atoms with van der Waals surface area (Å²) in [7, 11) is 0. The minimum absolute atomic E-state index is 0.618. The average molecular weight is 661 g/mol. The molecule has 3 N–H and O–H groups in total. The molecule has 3 aliphatic rings. The topological polar surface area (TPSA) is 145 Å². The quantitative estimate of drug-likeness (QED) is 0.409. The van der Waals surface area contributed by atoms with Crippen LogP contribution in [-0.2, 0) is 25.7 Å². The summed E-state index contributed by atoms with van der Waals surface area (Å²) in [5.41, 5.74) is 0. The lowest BCUT2D eigenvalue weighted by atomic mass is 9.91. The third-order valence-corrected chi connectivity index (χ3v) is 6.81. The molecule has 20 heteroatoms. The first-order valence-electron chi connectivity index (χ1n) is 13.0. The SMILES string of the molecule is CC(C)N1[C@H](Cn2cccn2)C[C@@H]2CN(C3CCOC3)CC[C@@H]21.O=C(O)C(F)(F)F.O=C(O)C(F)(F)F.O=C(O)C(F)(F)F. The van der Waals surface area contributed by atoms with E-state index in [2.05, 4.69) is 39.6 Å². The second-order valence-corrected chi connectivity index (χ2v) is 10.2. The van der Waals surface area contributed by atoms with Gasteiger partial charge in [-0.2, -0.15) is 44.6 Å². The van der Waals surface area contributed by atoms with Gasteiger partial charge in [0.05, 0.1) is 13.2 Å². The molecule has 4 atom stereocenters. The number of hydrogen-bond donors (Lipinski definition) is 3. The summed E-state index contributed by atoms with van der Waals surface area (Å²) in [4.78, 5) is 32.2. The number of aliphatic carboxylic acids is 3. The van der Waals surface area contributed by atoms with E-state index in [0.29, 0.717) is 18.1 Å². The third kappa shape index (κ3) is 12.8. The van der Waals surface area contributed by atoms with Crippen LogP contribution >= 0.6 is 0 Å². The van der Waals surface area contributed by atoms with E-state index in [1.54, 1.807) is 0 Å². The molecule has 11 nitrogen and oxygen atoms in total. The normalized spacial score (nSPS) is 24.2. The van der Waals surface area contributed by atoms with Crippen LogP contribution in [0.15, 0.2) is 18.5 Å². The van der Waals surface area contributed by atoms with Crippen LogP contribution in [0.3, 0.4) is 0 Å². The number of carboxylic acid groups (broad SMARTS) is 3. The summed E-state index contributed by atoms with van der Waals surface area (Å²) in [6.45, 7) is 10.2. The highest BCUT2D eigenvalue weighted by molar-refractivity contribution is 5.73. The Morgan fingerprint density at radius 3 is 1.77 bits per heavy atom. The first-order chi connectivity index (χ1) is 20.1. The molecule has 0 aliphatic carbocycles. The summed E-state index contributed by atoms with van der Waals surface area (Å²) >= 11 is 0. The fraction of sp³-hybridized carbons (Fsp3) is 0.750. The maximum Gasteiger partial charge on any atom is 0.490 e. The molecule has 0 bridgehead atoms. The predicted octanol–water partition coefficient (Wildman–Crippen LogP) is 3.75. The van der Waals surface area contributed by atoms with Crippen LogP contribution in [0.2, 0.25) is 0 Å². The molecule has 254 valence electrons. The molecule has 0 saturated carbocycles. The molecule has 0 aromatic carbocycles. The van der Waals surface area contributed by atoms with Gasteiger partial charge in [-0.3, -0.25) is 14.5 Å². The highest BCUT2D eigenvalue weighted by atomic mass is 19.4. The van der Waals surface area contributed by atoms with Gasteiger partial charge in [-0.15, -0.1) is 0 Å². The lowest BCUT2D eigenvalue weighted by Crippen LogP contribution is -2.52. The minimum atomic E-state index is -5.08. The van der Waals surface area contributed by atoms with Crippen LogP contribution in [0, 0.1) is 5.92 Å². The van der Waals surface area contributed by atoms with E-state index in [-0.39, 0.29) is 0 Å². The van der Waals surface area contributed by atoms with Gasteiger partial charge in [0.1, 0.15) is 0 Å². The van der Waals surface area contributed by atoms with Crippen molar-refractivity contribution in [1.29, 1.82) is 0 Å². The molecule has 3 saturated heterocycles. The van der Waals surface area contributed by atoms with E-state index in [1.807, 2.05) is 12.3 Å². The summed E-state index contributed by atoms with van der Waals surface area (Å²) in [6, 6.07) is 4.71. The summed E-state index contributed by atoms with van der Waals surface area (Å²) in [5, 5.41) is 25.8. The molecule has 3 aliphatic heterocycles. The van der Waals surface area contributed by atoms with E-state index < -0.39 is 36.4 Å². The molecule has 0 radical (unpaired) electrons. The Labute approximate surface area is 245 Å². The van der Waals surface area contributed by atoms with Gasteiger partial charge in [0.15, 0.2) is 0 Å².